The Morgan fingerprint density at radius 2 is 2.10 bits per heavy atom. The minimum atomic E-state index is -4.79. The number of hydrogen-bond acceptors (Lipinski definition) is 4. The number of methoxy groups -OCH3 is 1. The van der Waals surface area contributed by atoms with Crippen LogP contribution < -0.4 is 5.56 Å². The summed E-state index contributed by atoms with van der Waals surface area (Å²) < 4.78 is 44.4. The van der Waals surface area contributed by atoms with Crippen LogP contribution in [0.3, 0.4) is 0 Å². The fourth-order valence-electron chi connectivity index (χ4n) is 2.15. The molecule has 0 bridgehead atoms. The van der Waals surface area contributed by atoms with Crippen molar-refractivity contribution in [2.75, 3.05) is 7.11 Å². The molecule has 0 aliphatic heterocycles. The molecule has 0 atom stereocenters. The highest BCUT2D eigenvalue weighted by Gasteiger charge is 2.38. The Morgan fingerprint density at radius 3 is 2.67 bits per heavy atom. The number of fused-ring (bicyclic) bond motifs is 1. The fraction of sp³-hybridized carbons (Fsp3) is 0.308. The van der Waals surface area contributed by atoms with Crippen LogP contribution in [-0.4, -0.2) is 23.0 Å². The Hall–Kier alpha value is -2.38. The number of halogens is 3. The van der Waals surface area contributed by atoms with E-state index in [0.717, 1.165) is 7.11 Å². The SMILES string of the molecule is COC(=O)Cc1c(C(F)(F)F)c2c(C)nccc2[nH]c1=O. The number of rotatable bonds is 2. The Kier molecular flexibility index (Phi) is 3.71. The molecule has 2 aromatic rings. The molecule has 0 saturated heterocycles. The van der Waals surface area contributed by atoms with Gasteiger partial charge in [-0.3, -0.25) is 14.6 Å². The number of aromatic nitrogens is 2. The number of nitrogens with zero attached hydrogens (tertiary/aromatic N) is 1. The predicted molar refractivity (Wildman–Crippen MR) is 67.8 cm³/mol. The van der Waals surface area contributed by atoms with Gasteiger partial charge in [-0.15, -0.1) is 0 Å². The number of hydrogen-bond donors (Lipinski definition) is 1. The molecule has 1 N–H and O–H groups in total. The van der Waals surface area contributed by atoms with Gasteiger partial charge in [0.15, 0.2) is 0 Å². The Labute approximate surface area is 116 Å². The van der Waals surface area contributed by atoms with Crippen LogP contribution in [0, 0.1) is 6.92 Å². The number of H-pyrrole nitrogens is 1. The van der Waals surface area contributed by atoms with Gasteiger partial charge in [0.05, 0.1) is 24.6 Å². The van der Waals surface area contributed by atoms with Gasteiger partial charge in [0.1, 0.15) is 0 Å². The molecule has 0 aliphatic carbocycles. The normalized spacial score (nSPS) is 11.7. The molecule has 2 rings (SSSR count). The summed E-state index contributed by atoms with van der Waals surface area (Å²) in [6, 6.07) is 1.28. The highest BCUT2D eigenvalue weighted by Crippen LogP contribution is 2.36. The lowest BCUT2D eigenvalue weighted by Crippen LogP contribution is -2.25. The molecule has 0 aliphatic rings. The molecule has 0 aromatic carbocycles. The number of ether oxygens (including phenoxy) is 1. The number of alkyl halides is 3. The van der Waals surface area contributed by atoms with Gasteiger partial charge < -0.3 is 9.72 Å². The van der Waals surface area contributed by atoms with Gasteiger partial charge in [0.25, 0.3) is 5.56 Å². The summed E-state index contributed by atoms with van der Waals surface area (Å²) in [5.41, 5.74) is -2.64. The average molecular weight is 300 g/mol. The van der Waals surface area contributed by atoms with E-state index in [1.165, 1.54) is 19.2 Å². The smallest absolute Gasteiger partial charge is 0.417 e. The van der Waals surface area contributed by atoms with Crippen LogP contribution >= 0.6 is 0 Å². The number of nitrogens with one attached hydrogen (secondary N) is 1. The molecule has 0 spiro atoms. The number of carbonyl (C=O) groups excluding carboxylic acids is 1. The van der Waals surface area contributed by atoms with Crippen LogP contribution in [0.2, 0.25) is 0 Å². The van der Waals surface area contributed by atoms with E-state index in [4.69, 9.17) is 0 Å². The van der Waals surface area contributed by atoms with E-state index in [1.54, 1.807) is 0 Å². The fourth-order valence-corrected chi connectivity index (χ4v) is 2.15. The van der Waals surface area contributed by atoms with Gasteiger partial charge in [-0.05, 0) is 13.0 Å². The molecular weight excluding hydrogens is 289 g/mol. The Bertz CT molecular complexity index is 766. The lowest BCUT2D eigenvalue weighted by molar-refractivity contribution is -0.141. The first-order chi connectivity index (χ1) is 9.75. The molecule has 112 valence electrons. The summed E-state index contributed by atoms with van der Waals surface area (Å²) in [5.74, 6) is -0.924. The summed E-state index contributed by atoms with van der Waals surface area (Å²) in [5, 5.41) is -0.219. The Balaban J connectivity index is 2.90. The molecule has 2 heterocycles. The summed E-state index contributed by atoms with van der Waals surface area (Å²) in [6.45, 7) is 1.40. The topological polar surface area (TPSA) is 72.0 Å². The molecular formula is C13H11F3N2O3. The van der Waals surface area contributed by atoms with Crippen LogP contribution in [0.15, 0.2) is 17.1 Å². The zero-order chi connectivity index (χ0) is 15.8. The lowest BCUT2D eigenvalue weighted by atomic mass is 10.00. The van der Waals surface area contributed by atoms with Crippen molar-refractivity contribution in [3.63, 3.8) is 0 Å². The molecule has 0 radical (unpaired) electrons. The molecule has 5 nitrogen and oxygen atoms in total. The third-order valence-corrected chi connectivity index (χ3v) is 3.05. The van der Waals surface area contributed by atoms with Gasteiger partial charge in [-0.1, -0.05) is 0 Å². The van der Waals surface area contributed by atoms with Crippen LogP contribution in [0.1, 0.15) is 16.8 Å². The number of aryl methyl sites for hydroxylation is 1. The molecule has 0 amide bonds. The van der Waals surface area contributed by atoms with Crippen molar-refractivity contribution in [3.8, 4) is 0 Å². The van der Waals surface area contributed by atoms with Crippen LogP contribution in [0.25, 0.3) is 10.9 Å². The standard InChI is InChI=1S/C13H11F3N2O3/c1-6-10-8(3-4-17-6)18-12(20)7(5-9(19)21-2)11(10)13(14,15)16/h3-4H,5H2,1-2H3,(H,18,20). The molecule has 2 aromatic heterocycles. The predicted octanol–water partition coefficient (Wildman–Crippen LogP) is 1.97. The van der Waals surface area contributed by atoms with E-state index in [-0.39, 0.29) is 16.6 Å². The maximum absolute atomic E-state index is 13.4. The van der Waals surface area contributed by atoms with Crippen LogP contribution in [0.5, 0.6) is 0 Å². The maximum Gasteiger partial charge on any atom is 0.417 e. The van der Waals surface area contributed by atoms with Crippen LogP contribution in [0.4, 0.5) is 13.2 Å². The van der Waals surface area contributed by atoms with E-state index in [0.29, 0.717) is 0 Å². The van der Waals surface area contributed by atoms with Crippen molar-refractivity contribution in [1.29, 1.82) is 0 Å². The van der Waals surface area contributed by atoms with Gasteiger partial charge in [0.2, 0.25) is 0 Å². The maximum atomic E-state index is 13.4. The van der Waals surface area contributed by atoms with Gasteiger partial charge in [-0.25, -0.2) is 0 Å². The molecule has 0 fully saturated rings. The van der Waals surface area contributed by atoms with E-state index in [2.05, 4.69) is 14.7 Å². The van der Waals surface area contributed by atoms with Gasteiger partial charge in [0, 0.05) is 22.8 Å². The van der Waals surface area contributed by atoms with E-state index in [1.807, 2.05) is 0 Å². The highest BCUT2D eigenvalue weighted by molar-refractivity contribution is 5.87. The summed E-state index contributed by atoms with van der Waals surface area (Å²) in [7, 11) is 1.04. The van der Waals surface area contributed by atoms with Crippen molar-refractivity contribution >= 4 is 16.9 Å². The summed E-state index contributed by atoms with van der Waals surface area (Å²) >= 11 is 0. The summed E-state index contributed by atoms with van der Waals surface area (Å²) in [4.78, 5) is 29.3. The number of pyridine rings is 2. The molecule has 21 heavy (non-hydrogen) atoms. The zero-order valence-corrected chi connectivity index (χ0v) is 11.2. The Morgan fingerprint density at radius 1 is 1.43 bits per heavy atom. The molecule has 8 heteroatoms. The van der Waals surface area contributed by atoms with E-state index >= 15 is 0 Å². The first kappa shape index (κ1) is 15.0. The largest absolute Gasteiger partial charge is 0.469 e. The number of carbonyl (C=O) groups is 1. The van der Waals surface area contributed by atoms with Crippen LogP contribution in [-0.2, 0) is 22.1 Å². The van der Waals surface area contributed by atoms with Crippen molar-refractivity contribution in [2.45, 2.75) is 19.5 Å². The quantitative estimate of drug-likeness (QED) is 0.861. The minimum Gasteiger partial charge on any atom is -0.469 e. The van der Waals surface area contributed by atoms with Gasteiger partial charge in [-0.2, -0.15) is 13.2 Å². The third-order valence-electron chi connectivity index (χ3n) is 3.05. The molecule has 0 unspecified atom stereocenters. The van der Waals surface area contributed by atoms with E-state index in [9.17, 15) is 22.8 Å². The van der Waals surface area contributed by atoms with Crippen molar-refractivity contribution in [2.24, 2.45) is 0 Å². The molecule has 0 saturated carbocycles. The van der Waals surface area contributed by atoms with Gasteiger partial charge >= 0.3 is 12.1 Å². The third kappa shape index (κ3) is 2.74. The van der Waals surface area contributed by atoms with E-state index < -0.39 is 35.3 Å². The highest BCUT2D eigenvalue weighted by atomic mass is 19.4. The minimum absolute atomic E-state index is 0.0217. The average Bonchev–Trinajstić information content (AvgIpc) is 2.38. The van der Waals surface area contributed by atoms with Crippen molar-refractivity contribution in [1.82, 2.24) is 9.97 Å². The lowest BCUT2D eigenvalue weighted by Gasteiger charge is -2.15. The number of aromatic amines is 1. The first-order valence-electron chi connectivity index (χ1n) is 5.90. The summed E-state index contributed by atoms with van der Waals surface area (Å²) in [6.07, 6.45) is -4.25. The second kappa shape index (κ2) is 5.19. The number of esters is 1. The van der Waals surface area contributed by atoms with Crippen molar-refractivity contribution < 1.29 is 22.7 Å². The second-order valence-corrected chi connectivity index (χ2v) is 4.38. The second-order valence-electron chi connectivity index (χ2n) is 4.38. The monoisotopic (exact) mass is 300 g/mol. The van der Waals surface area contributed by atoms with Crippen molar-refractivity contribution in [3.05, 3.63) is 39.4 Å². The zero-order valence-electron chi connectivity index (χ0n) is 11.2. The first-order valence-corrected chi connectivity index (χ1v) is 5.90.